The number of likely N-dealkylation sites (N-methyl/N-ethyl adjacent to an activating group) is 1. The Bertz CT molecular complexity index is 832. The van der Waals surface area contributed by atoms with E-state index in [0.717, 1.165) is 16.7 Å². The third-order valence-corrected chi connectivity index (χ3v) is 6.18. The smallest absolute Gasteiger partial charge is 0.328 e. The lowest BCUT2D eigenvalue weighted by Gasteiger charge is -2.52. The topological polar surface area (TPSA) is 104 Å². The van der Waals surface area contributed by atoms with Gasteiger partial charge in [0.25, 0.3) is 0 Å². The predicted molar refractivity (Wildman–Crippen MR) is 93.3 cm³/mol. The molecule has 3 aliphatic heterocycles. The van der Waals surface area contributed by atoms with Crippen molar-refractivity contribution in [2.75, 3.05) is 7.05 Å². The summed E-state index contributed by atoms with van der Waals surface area (Å²) in [5, 5.41) is 9.24. The molecule has 26 heavy (non-hydrogen) atoms. The lowest BCUT2D eigenvalue weighted by Crippen LogP contribution is -2.60. The van der Waals surface area contributed by atoms with Gasteiger partial charge in [0.1, 0.15) is 0 Å². The maximum atomic E-state index is 12.8. The van der Waals surface area contributed by atoms with Crippen molar-refractivity contribution in [3.8, 4) is 0 Å². The molecular formula is C19H21N3O4. The summed E-state index contributed by atoms with van der Waals surface area (Å²) in [5.41, 5.74) is 8.07. The number of fused-ring (bicyclic) bond motifs is 1. The Kier molecular flexibility index (Phi) is 3.75. The minimum absolute atomic E-state index is 0.0320. The molecule has 2 saturated heterocycles. The van der Waals surface area contributed by atoms with E-state index in [-0.39, 0.29) is 24.6 Å². The molecule has 7 heteroatoms. The lowest BCUT2D eigenvalue weighted by molar-refractivity contribution is -0.136. The number of aliphatic hydroxyl groups excluding tert-OH is 1. The van der Waals surface area contributed by atoms with Gasteiger partial charge in [-0.1, -0.05) is 30.3 Å². The van der Waals surface area contributed by atoms with Crippen molar-refractivity contribution in [1.82, 2.24) is 9.80 Å². The fraction of sp³-hybridized carbons (Fsp3) is 0.421. The highest BCUT2D eigenvalue weighted by molar-refractivity contribution is 6.17. The van der Waals surface area contributed by atoms with Gasteiger partial charge in [-0.2, -0.15) is 4.90 Å². The van der Waals surface area contributed by atoms with Crippen LogP contribution in [0.25, 0.3) is 5.57 Å². The Balaban J connectivity index is 1.81. The van der Waals surface area contributed by atoms with E-state index in [9.17, 15) is 19.5 Å². The molecule has 0 spiro atoms. The highest BCUT2D eigenvalue weighted by Crippen LogP contribution is 2.52. The monoisotopic (exact) mass is 355 g/mol. The highest BCUT2D eigenvalue weighted by Gasteiger charge is 2.63. The molecule has 3 N–H and O–H groups in total. The van der Waals surface area contributed by atoms with Crippen LogP contribution in [-0.2, 0) is 16.2 Å². The molecule has 0 saturated carbocycles. The number of nitrogens with two attached hydrogens (primary N) is 1. The van der Waals surface area contributed by atoms with E-state index >= 15 is 0 Å². The van der Waals surface area contributed by atoms with Gasteiger partial charge in [0, 0.05) is 18.0 Å². The Morgan fingerprint density at radius 3 is 2.31 bits per heavy atom. The van der Waals surface area contributed by atoms with E-state index < -0.39 is 29.7 Å². The van der Waals surface area contributed by atoms with E-state index in [0.29, 0.717) is 4.90 Å². The van der Waals surface area contributed by atoms with E-state index in [1.807, 2.05) is 44.3 Å². The molecule has 1 aromatic rings. The number of piperidine rings is 1. The quantitative estimate of drug-likeness (QED) is 0.755. The van der Waals surface area contributed by atoms with E-state index in [2.05, 4.69) is 4.90 Å². The number of benzene rings is 1. The average Bonchev–Trinajstić information content (AvgIpc) is 2.90. The number of aliphatic hydroxyl groups is 1. The normalized spacial score (nSPS) is 33.4. The second kappa shape index (κ2) is 5.75. The van der Waals surface area contributed by atoms with Gasteiger partial charge in [0.05, 0.1) is 18.4 Å². The molecule has 1 aromatic carbocycles. The van der Waals surface area contributed by atoms with Gasteiger partial charge in [-0.25, -0.2) is 4.79 Å². The number of urea groups is 1. The Labute approximate surface area is 151 Å². The maximum absolute atomic E-state index is 12.8. The SMILES string of the molecule is CC1C2C(c3ccc(CO)cc3)=CC(C3C(=O)N(C(N)=O)C(=O)C23)N1C. The summed E-state index contributed by atoms with van der Waals surface area (Å²) in [6.45, 7) is 2.00. The number of nitrogens with zero attached hydrogens (tertiary/aromatic N) is 2. The van der Waals surface area contributed by atoms with Crippen molar-refractivity contribution < 1.29 is 19.5 Å². The first-order valence-electron chi connectivity index (χ1n) is 8.68. The number of carbonyl (C=O) groups is 3. The minimum atomic E-state index is -1.00. The predicted octanol–water partition coefficient (Wildman–Crippen LogP) is 0.575. The first-order valence-corrected chi connectivity index (χ1v) is 8.68. The zero-order chi connectivity index (χ0) is 18.7. The molecule has 1 aliphatic carbocycles. The van der Waals surface area contributed by atoms with Crippen LogP contribution in [0.15, 0.2) is 30.3 Å². The van der Waals surface area contributed by atoms with Crippen LogP contribution < -0.4 is 5.73 Å². The number of imide groups is 3. The third-order valence-electron chi connectivity index (χ3n) is 6.18. The van der Waals surface area contributed by atoms with Crippen LogP contribution >= 0.6 is 0 Å². The lowest BCUT2D eigenvalue weighted by atomic mass is 9.62. The van der Waals surface area contributed by atoms with E-state index in [1.165, 1.54) is 0 Å². The van der Waals surface area contributed by atoms with Crippen LogP contribution in [0.4, 0.5) is 4.79 Å². The van der Waals surface area contributed by atoms with Crippen LogP contribution in [0.2, 0.25) is 0 Å². The number of rotatable bonds is 2. The Morgan fingerprint density at radius 1 is 1.12 bits per heavy atom. The van der Waals surface area contributed by atoms with Crippen molar-refractivity contribution in [2.24, 2.45) is 23.5 Å². The van der Waals surface area contributed by atoms with Crippen molar-refractivity contribution in [2.45, 2.75) is 25.6 Å². The molecule has 7 nitrogen and oxygen atoms in total. The summed E-state index contributed by atoms with van der Waals surface area (Å²) in [5.74, 6) is -2.31. The van der Waals surface area contributed by atoms with Crippen molar-refractivity contribution in [3.05, 3.63) is 41.5 Å². The fourth-order valence-electron chi connectivity index (χ4n) is 4.81. The molecule has 5 rings (SSSR count). The van der Waals surface area contributed by atoms with Crippen LogP contribution in [0.5, 0.6) is 0 Å². The average molecular weight is 355 g/mol. The molecule has 5 atom stereocenters. The number of primary amides is 1. The van der Waals surface area contributed by atoms with Crippen LogP contribution in [-0.4, -0.2) is 51.9 Å². The molecule has 0 radical (unpaired) electrons. The summed E-state index contributed by atoms with van der Waals surface area (Å²) < 4.78 is 0. The molecule has 4 aliphatic rings. The van der Waals surface area contributed by atoms with Gasteiger partial charge in [-0.05, 0) is 30.7 Å². The zero-order valence-electron chi connectivity index (χ0n) is 14.6. The molecule has 5 unspecified atom stereocenters. The van der Waals surface area contributed by atoms with Crippen molar-refractivity contribution in [3.63, 3.8) is 0 Å². The third kappa shape index (κ3) is 2.10. The summed E-state index contributed by atoms with van der Waals surface area (Å²) in [6.07, 6.45) is 2.04. The zero-order valence-corrected chi connectivity index (χ0v) is 14.6. The van der Waals surface area contributed by atoms with E-state index in [4.69, 9.17) is 5.73 Å². The standard InChI is InChI=1S/C19H21N3O4/c1-9-14-12(11-5-3-10(8-23)4-6-11)7-13(21(9)2)15-16(14)18(25)22(17(15)24)19(20)26/h3-7,9,13-16,23H,8H2,1-2H3,(H2,20,26). The van der Waals surface area contributed by atoms with Gasteiger partial charge < -0.3 is 10.8 Å². The van der Waals surface area contributed by atoms with Gasteiger partial charge >= 0.3 is 6.03 Å². The van der Waals surface area contributed by atoms with E-state index in [1.54, 1.807) is 0 Å². The van der Waals surface area contributed by atoms with Crippen LogP contribution in [0.1, 0.15) is 18.1 Å². The fourth-order valence-corrected chi connectivity index (χ4v) is 4.81. The summed E-state index contributed by atoms with van der Waals surface area (Å²) >= 11 is 0. The van der Waals surface area contributed by atoms with Crippen LogP contribution in [0.3, 0.4) is 0 Å². The van der Waals surface area contributed by atoms with Gasteiger partial charge in [-0.15, -0.1) is 0 Å². The molecular weight excluding hydrogens is 334 g/mol. The minimum Gasteiger partial charge on any atom is -0.392 e. The van der Waals surface area contributed by atoms with Gasteiger partial charge in [0.2, 0.25) is 11.8 Å². The molecule has 2 bridgehead atoms. The second-order valence-electron chi connectivity index (χ2n) is 7.30. The van der Waals surface area contributed by atoms with Gasteiger partial charge in [-0.3, -0.25) is 14.5 Å². The summed E-state index contributed by atoms with van der Waals surface area (Å²) in [7, 11) is 1.94. The van der Waals surface area contributed by atoms with Crippen molar-refractivity contribution in [1.29, 1.82) is 0 Å². The molecule has 4 amide bonds. The second-order valence-corrected chi connectivity index (χ2v) is 7.30. The molecule has 3 heterocycles. The molecule has 136 valence electrons. The number of hydrogen-bond donors (Lipinski definition) is 2. The van der Waals surface area contributed by atoms with Crippen molar-refractivity contribution >= 4 is 23.4 Å². The number of amides is 4. The Hall–Kier alpha value is -2.51. The van der Waals surface area contributed by atoms with Crippen LogP contribution in [0, 0.1) is 17.8 Å². The summed E-state index contributed by atoms with van der Waals surface area (Å²) in [6, 6.07) is 6.33. The number of carbonyl (C=O) groups excluding carboxylic acids is 3. The maximum Gasteiger partial charge on any atom is 0.328 e. The first-order chi connectivity index (χ1) is 12.4. The summed E-state index contributed by atoms with van der Waals surface area (Å²) in [4.78, 5) is 39.9. The highest BCUT2D eigenvalue weighted by atomic mass is 16.3. The Morgan fingerprint density at radius 2 is 1.73 bits per heavy atom. The number of likely N-dealkylation sites (tertiary alicyclic amines) is 1. The molecule has 2 fully saturated rings. The van der Waals surface area contributed by atoms with Gasteiger partial charge in [0.15, 0.2) is 0 Å². The largest absolute Gasteiger partial charge is 0.392 e. The molecule has 0 aromatic heterocycles. The first kappa shape index (κ1) is 16.9. The number of hydrogen-bond acceptors (Lipinski definition) is 5.